The van der Waals surface area contributed by atoms with Crippen LogP contribution in [-0.2, 0) is 6.42 Å². The van der Waals surface area contributed by atoms with Crippen molar-refractivity contribution in [2.45, 2.75) is 71.3 Å². The largest absolute Gasteiger partial charge is 0.508 e. The first-order valence-electron chi connectivity index (χ1n) is 9.12. The SMILES string of the molecule is CCCCC(O)C(CCCC)CCc1c[nH]c2ccc(O)cc12. The minimum atomic E-state index is -0.180. The standard InChI is InChI=1S/C20H31NO2/c1-3-5-7-15(20(23)8-6-4-2)9-10-16-14-21-19-12-11-17(22)13-18(16)19/h11-15,20-23H,3-10H2,1-2H3. The normalized spacial score (nSPS) is 14.2. The van der Waals surface area contributed by atoms with Gasteiger partial charge in [0.2, 0.25) is 0 Å². The Morgan fingerprint density at radius 1 is 1.04 bits per heavy atom. The summed E-state index contributed by atoms with van der Waals surface area (Å²) in [6, 6.07) is 5.45. The van der Waals surface area contributed by atoms with Gasteiger partial charge in [-0.25, -0.2) is 0 Å². The fourth-order valence-corrected chi connectivity index (χ4v) is 3.36. The molecule has 3 heteroatoms. The number of aliphatic hydroxyl groups is 1. The van der Waals surface area contributed by atoms with Gasteiger partial charge in [0.1, 0.15) is 5.75 Å². The van der Waals surface area contributed by atoms with Crippen molar-refractivity contribution >= 4 is 10.9 Å². The van der Waals surface area contributed by atoms with Crippen LogP contribution in [0.2, 0.25) is 0 Å². The van der Waals surface area contributed by atoms with Crippen LogP contribution in [0, 0.1) is 5.92 Å². The third-order valence-corrected chi connectivity index (χ3v) is 4.86. The zero-order chi connectivity index (χ0) is 16.7. The first kappa shape index (κ1) is 17.9. The number of rotatable bonds is 10. The maximum atomic E-state index is 10.5. The summed E-state index contributed by atoms with van der Waals surface area (Å²) in [5.74, 6) is 0.688. The van der Waals surface area contributed by atoms with E-state index in [4.69, 9.17) is 0 Å². The van der Waals surface area contributed by atoms with Gasteiger partial charge in [-0.2, -0.15) is 0 Å². The molecule has 3 nitrogen and oxygen atoms in total. The molecule has 0 saturated heterocycles. The van der Waals surface area contributed by atoms with E-state index in [2.05, 4.69) is 18.8 Å². The van der Waals surface area contributed by atoms with Crippen molar-refractivity contribution in [1.29, 1.82) is 0 Å². The van der Waals surface area contributed by atoms with Crippen LogP contribution in [0.15, 0.2) is 24.4 Å². The van der Waals surface area contributed by atoms with Crippen molar-refractivity contribution in [3.05, 3.63) is 30.0 Å². The molecule has 2 unspecified atom stereocenters. The highest BCUT2D eigenvalue weighted by Gasteiger charge is 2.19. The summed E-state index contributed by atoms with van der Waals surface area (Å²) in [6.07, 6.45) is 10.4. The summed E-state index contributed by atoms with van der Waals surface area (Å²) in [5.41, 5.74) is 2.30. The van der Waals surface area contributed by atoms with E-state index in [1.807, 2.05) is 18.3 Å². The number of H-pyrrole nitrogens is 1. The molecule has 0 saturated carbocycles. The molecule has 1 heterocycles. The number of phenols is 1. The maximum Gasteiger partial charge on any atom is 0.116 e. The van der Waals surface area contributed by atoms with E-state index in [0.29, 0.717) is 11.7 Å². The lowest BCUT2D eigenvalue weighted by molar-refractivity contribution is 0.0856. The van der Waals surface area contributed by atoms with E-state index in [1.54, 1.807) is 6.07 Å². The van der Waals surface area contributed by atoms with Crippen molar-refractivity contribution in [3.63, 3.8) is 0 Å². The molecule has 3 N–H and O–H groups in total. The number of aliphatic hydroxyl groups excluding tert-OH is 1. The van der Waals surface area contributed by atoms with E-state index in [9.17, 15) is 10.2 Å². The van der Waals surface area contributed by atoms with Crippen LogP contribution in [-0.4, -0.2) is 21.3 Å². The summed E-state index contributed by atoms with van der Waals surface area (Å²) in [5, 5.41) is 21.3. The Kier molecular flexibility index (Phi) is 6.97. The Balaban J connectivity index is 2.02. The molecule has 1 aromatic heterocycles. The van der Waals surface area contributed by atoms with Gasteiger partial charge in [-0.05, 0) is 55.4 Å². The molecule has 0 fully saturated rings. The molecule has 0 bridgehead atoms. The molecule has 128 valence electrons. The molecule has 0 aliphatic heterocycles. The highest BCUT2D eigenvalue weighted by molar-refractivity contribution is 5.84. The second-order valence-electron chi connectivity index (χ2n) is 6.69. The van der Waals surface area contributed by atoms with E-state index < -0.39 is 0 Å². The molecule has 0 amide bonds. The molecule has 0 spiro atoms. The van der Waals surface area contributed by atoms with E-state index >= 15 is 0 Å². The van der Waals surface area contributed by atoms with Crippen LogP contribution in [0.5, 0.6) is 5.75 Å². The summed E-state index contributed by atoms with van der Waals surface area (Å²) < 4.78 is 0. The highest BCUT2D eigenvalue weighted by Crippen LogP contribution is 2.27. The quantitative estimate of drug-likeness (QED) is 0.566. The molecule has 1 aromatic carbocycles. The Labute approximate surface area is 139 Å². The smallest absolute Gasteiger partial charge is 0.116 e. The van der Waals surface area contributed by atoms with Crippen molar-refractivity contribution in [2.75, 3.05) is 0 Å². The van der Waals surface area contributed by atoms with E-state index in [-0.39, 0.29) is 6.10 Å². The molecule has 23 heavy (non-hydrogen) atoms. The molecule has 0 radical (unpaired) electrons. The lowest BCUT2D eigenvalue weighted by Crippen LogP contribution is -2.21. The van der Waals surface area contributed by atoms with Crippen molar-refractivity contribution in [1.82, 2.24) is 4.98 Å². The fraction of sp³-hybridized carbons (Fsp3) is 0.600. The monoisotopic (exact) mass is 317 g/mol. The van der Waals surface area contributed by atoms with Gasteiger partial charge < -0.3 is 15.2 Å². The average molecular weight is 317 g/mol. The second kappa shape index (κ2) is 8.97. The predicted octanol–water partition coefficient (Wildman–Crippen LogP) is 5.16. The zero-order valence-electron chi connectivity index (χ0n) is 14.5. The van der Waals surface area contributed by atoms with Crippen molar-refractivity contribution in [3.8, 4) is 5.75 Å². The number of aryl methyl sites for hydroxylation is 1. The first-order chi connectivity index (χ1) is 11.2. The van der Waals surface area contributed by atoms with Crippen molar-refractivity contribution < 1.29 is 10.2 Å². The lowest BCUT2D eigenvalue weighted by atomic mass is 9.87. The summed E-state index contributed by atoms with van der Waals surface area (Å²) in [7, 11) is 0. The third kappa shape index (κ3) is 5.00. The number of aromatic nitrogens is 1. The van der Waals surface area contributed by atoms with Gasteiger partial charge in [0.15, 0.2) is 0 Å². The number of hydrogen-bond acceptors (Lipinski definition) is 2. The first-order valence-corrected chi connectivity index (χ1v) is 9.12. The van der Waals surface area contributed by atoms with Crippen LogP contribution in [0.25, 0.3) is 10.9 Å². The minimum absolute atomic E-state index is 0.180. The number of nitrogens with one attached hydrogen (secondary N) is 1. The Bertz CT molecular complexity index is 590. The Morgan fingerprint density at radius 2 is 1.78 bits per heavy atom. The molecule has 2 rings (SSSR count). The molecular formula is C20H31NO2. The van der Waals surface area contributed by atoms with Gasteiger partial charge in [0.05, 0.1) is 6.10 Å². The van der Waals surface area contributed by atoms with Crippen LogP contribution in [0.4, 0.5) is 0 Å². The number of aromatic amines is 1. The zero-order valence-corrected chi connectivity index (χ0v) is 14.5. The summed E-state index contributed by atoms with van der Waals surface area (Å²) in [6.45, 7) is 4.38. The second-order valence-corrected chi connectivity index (χ2v) is 6.69. The maximum absolute atomic E-state index is 10.5. The lowest BCUT2D eigenvalue weighted by Gasteiger charge is -2.23. The molecule has 2 aromatic rings. The Morgan fingerprint density at radius 3 is 2.52 bits per heavy atom. The van der Waals surface area contributed by atoms with E-state index in [1.165, 1.54) is 18.4 Å². The molecule has 0 aliphatic rings. The fourth-order valence-electron chi connectivity index (χ4n) is 3.36. The van der Waals surface area contributed by atoms with Gasteiger partial charge >= 0.3 is 0 Å². The number of hydrogen-bond donors (Lipinski definition) is 3. The number of phenolic OH excluding ortho intramolecular Hbond substituents is 1. The molecular weight excluding hydrogens is 286 g/mol. The van der Waals surface area contributed by atoms with E-state index in [0.717, 1.165) is 49.4 Å². The summed E-state index contributed by atoms with van der Waals surface area (Å²) >= 11 is 0. The van der Waals surface area contributed by atoms with Crippen LogP contribution in [0.3, 0.4) is 0 Å². The number of aromatic hydroxyl groups is 1. The average Bonchev–Trinajstić information content (AvgIpc) is 2.95. The Hall–Kier alpha value is -1.48. The van der Waals surface area contributed by atoms with Gasteiger partial charge in [-0.3, -0.25) is 0 Å². The number of unbranched alkanes of at least 4 members (excludes halogenated alkanes) is 2. The van der Waals surface area contributed by atoms with Crippen LogP contribution < -0.4 is 0 Å². The summed E-state index contributed by atoms with van der Waals surface area (Å²) in [4.78, 5) is 3.27. The topological polar surface area (TPSA) is 56.2 Å². The molecule has 2 atom stereocenters. The molecule has 0 aliphatic carbocycles. The van der Waals surface area contributed by atoms with Gasteiger partial charge in [-0.1, -0.05) is 39.5 Å². The van der Waals surface area contributed by atoms with Crippen molar-refractivity contribution in [2.24, 2.45) is 5.92 Å². The number of benzene rings is 1. The van der Waals surface area contributed by atoms with Gasteiger partial charge in [0.25, 0.3) is 0 Å². The van der Waals surface area contributed by atoms with Crippen LogP contribution >= 0.6 is 0 Å². The van der Waals surface area contributed by atoms with Gasteiger partial charge in [0, 0.05) is 17.1 Å². The third-order valence-electron chi connectivity index (χ3n) is 4.86. The minimum Gasteiger partial charge on any atom is -0.508 e. The number of fused-ring (bicyclic) bond motifs is 1. The van der Waals surface area contributed by atoms with Crippen LogP contribution in [0.1, 0.15) is 64.4 Å². The highest BCUT2D eigenvalue weighted by atomic mass is 16.3. The predicted molar refractivity (Wildman–Crippen MR) is 96.8 cm³/mol. The van der Waals surface area contributed by atoms with Gasteiger partial charge in [-0.15, -0.1) is 0 Å².